The van der Waals surface area contributed by atoms with E-state index in [9.17, 15) is 0 Å². The molecule has 4 nitrogen and oxygen atoms in total. The predicted octanol–water partition coefficient (Wildman–Crippen LogP) is 1.45. The number of hydrogen-bond acceptors (Lipinski definition) is 3. The first kappa shape index (κ1) is 14.4. The van der Waals surface area contributed by atoms with E-state index in [0.29, 0.717) is 12.5 Å². The largest absolute Gasteiger partial charge is 0.388 e. The van der Waals surface area contributed by atoms with Gasteiger partial charge in [-0.15, -0.1) is 0 Å². The zero-order valence-corrected chi connectivity index (χ0v) is 10.4. The van der Waals surface area contributed by atoms with Gasteiger partial charge < -0.3 is 15.4 Å². The second kappa shape index (κ2) is 7.65. The molecule has 0 radical (unpaired) electrons. The van der Waals surface area contributed by atoms with Gasteiger partial charge in [0.2, 0.25) is 0 Å². The van der Waals surface area contributed by atoms with Crippen LogP contribution in [-0.4, -0.2) is 43.1 Å². The molecule has 0 bridgehead atoms. The number of amidine groups is 1. The standard InChI is InChI=1S/C11H25N3O/c1-5-10(8-11(12)13)14(4)6-7-15-9(2)3/h9-10H,5-8H2,1-4H3,(H3,12,13). The number of nitrogens with zero attached hydrogens (tertiary/aromatic N) is 1. The smallest absolute Gasteiger partial charge is 0.0921 e. The van der Waals surface area contributed by atoms with Crippen molar-refractivity contribution in [1.82, 2.24) is 4.90 Å². The summed E-state index contributed by atoms with van der Waals surface area (Å²) in [6, 6.07) is 0.360. The number of ether oxygens (including phenoxy) is 1. The fourth-order valence-electron chi connectivity index (χ4n) is 1.48. The van der Waals surface area contributed by atoms with Crippen LogP contribution in [0.4, 0.5) is 0 Å². The molecule has 0 spiro atoms. The summed E-state index contributed by atoms with van der Waals surface area (Å²) in [5.41, 5.74) is 5.41. The Labute approximate surface area is 93.3 Å². The van der Waals surface area contributed by atoms with Crippen LogP contribution in [0.15, 0.2) is 0 Å². The van der Waals surface area contributed by atoms with Crippen molar-refractivity contribution < 1.29 is 4.74 Å². The predicted molar refractivity (Wildman–Crippen MR) is 64.3 cm³/mol. The van der Waals surface area contributed by atoms with Crippen molar-refractivity contribution in [1.29, 1.82) is 5.41 Å². The fraction of sp³-hybridized carbons (Fsp3) is 0.909. The average molecular weight is 215 g/mol. The zero-order chi connectivity index (χ0) is 11.8. The van der Waals surface area contributed by atoms with Gasteiger partial charge in [-0.1, -0.05) is 6.92 Å². The Morgan fingerprint density at radius 2 is 2.07 bits per heavy atom. The second-order valence-corrected chi connectivity index (χ2v) is 4.19. The highest BCUT2D eigenvalue weighted by Gasteiger charge is 2.13. The molecule has 0 aromatic rings. The first-order valence-corrected chi connectivity index (χ1v) is 5.62. The lowest BCUT2D eigenvalue weighted by molar-refractivity contribution is 0.0559. The topological polar surface area (TPSA) is 62.3 Å². The van der Waals surface area contributed by atoms with Crippen molar-refractivity contribution in [2.45, 2.75) is 45.8 Å². The lowest BCUT2D eigenvalue weighted by Crippen LogP contribution is -2.37. The van der Waals surface area contributed by atoms with E-state index in [1.54, 1.807) is 0 Å². The molecule has 15 heavy (non-hydrogen) atoms. The average Bonchev–Trinajstić information content (AvgIpc) is 2.13. The Morgan fingerprint density at radius 1 is 1.47 bits per heavy atom. The summed E-state index contributed by atoms with van der Waals surface area (Å²) in [7, 11) is 2.06. The molecule has 1 unspecified atom stereocenters. The maximum absolute atomic E-state index is 7.29. The van der Waals surface area contributed by atoms with Crippen molar-refractivity contribution in [3.05, 3.63) is 0 Å². The summed E-state index contributed by atoms with van der Waals surface area (Å²) in [6.45, 7) is 7.82. The van der Waals surface area contributed by atoms with Crippen molar-refractivity contribution in [3.8, 4) is 0 Å². The molecular formula is C11H25N3O. The minimum absolute atomic E-state index is 0.262. The van der Waals surface area contributed by atoms with Crippen LogP contribution >= 0.6 is 0 Å². The number of nitrogens with two attached hydrogens (primary N) is 1. The van der Waals surface area contributed by atoms with Gasteiger partial charge in [-0.25, -0.2) is 0 Å². The summed E-state index contributed by atoms with van der Waals surface area (Å²) >= 11 is 0. The van der Waals surface area contributed by atoms with Crippen LogP contribution in [0.25, 0.3) is 0 Å². The molecular weight excluding hydrogens is 190 g/mol. The molecule has 0 aromatic carbocycles. The van der Waals surface area contributed by atoms with Crippen LogP contribution < -0.4 is 5.73 Å². The highest BCUT2D eigenvalue weighted by molar-refractivity contribution is 5.77. The molecule has 0 aliphatic rings. The molecule has 0 amide bonds. The summed E-state index contributed by atoms with van der Waals surface area (Å²) in [5.74, 6) is 0.262. The molecule has 90 valence electrons. The molecule has 0 aliphatic heterocycles. The molecule has 3 N–H and O–H groups in total. The Hall–Kier alpha value is -0.610. The highest BCUT2D eigenvalue weighted by Crippen LogP contribution is 2.06. The lowest BCUT2D eigenvalue weighted by Gasteiger charge is -2.26. The Kier molecular flexibility index (Phi) is 7.34. The summed E-state index contributed by atoms with van der Waals surface area (Å²) in [6.07, 6.45) is 1.94. The summed E-state index contributed by atoms with van der Waals surface area (Å²) < 4.78 is 5.49. The van der Waals surface area contributed by atoms with Crippen LogP contribution in [0.1, 0.15) is 33.6 Å². The van der Waals surface area contributed by atoms with E-state index in [1.165, 1.54) is 0 Å². The minimum atomic E-state index is 0.262. The van der Waals surface area contributed by atoms with Gasteiger partial charge in [-0.05, 0) is 27.3 Å². The van der Waals surface area contributed by atoms with Gasteiger partial charge in [0.25, 0.3) is 0 Å². The van der Waals surface area contributed by atoms with Crippen LogP contribution in [0.5, 0.6) is 0 Å². The Morgan fingerprint density at radius 3 is 2.47 bits per heavy atom. The Bertz CT molecular complexity index is 183. The quantitative estimate of drug-likeness (QED) is 0.476. The molecule has 0 aliphatic carbocycles. The molecule has 0 rings (SSSR count). The Balaban J connectivity index is 3.82. The van der Waals surface area contributed by atoms with Gasteiger partial charge in [0.1, 0.15) is 0 Å². The van der Waals surface area contributed by atoms with Crippen molar-refractivity contribution in [2.24, 2.45) is 5.73 Å². The fourth-order valence-corrected chi connectivity index (χ4v) is 1.48. The van der Waals surface area contributed by atoms with Crippen LogP contribution in [0, 0.1) is 5.41 Å². The summed E-state index contributed by atoms with van der Waals surface area (Å²) in [5, 5.41) is 7.29. The van der Waals surface area contributed by atoms with Crippen molar-refractivity contribution >= 4 is 5.84 Å². The number of nitrogens with one attached hydrogen (secondary N) is 1. The van der Waals surface area contributed by atoms with Crippen LogP contribution in [-0.2, 0) is 4.74 Å². The van der Waals surface area contributed by atoms with Crippen LogP contribution in [0.3, 0.4) is 0 Å². The van der Waals surface area contributed by atoms with Crippen molar-refractivity contribution in [2.75, 3.05) is 20.2 Å². The van der Waals surface area contributed by atoms with E-state index in [1.807, 2.05) is 13.8 Å². The van der Waals surface area contributed by atoms with Gasteiger partial charge >= 0.3 is 0 Å². The van der Waals surface area contributed by atoms with Gasteiger partial charge in [-0.2, -0.15) is 0 Å². The normalized spacial score (nSPS) is 13.5. The molecule has 0 saturated heterocycles. The SMILES string of the molecule is CCC(CC(=N)N)N(C)CCOC(C)C. The number of rotatable bonds is 8. The molecule has 0 fully saturated rings. The minimum Gasteiger partial charge on any atom is -0.388 e. The van der Waals surface area contributed by atoms with Crippen molar-refractivity contribution in [3.63, 3.8) is 0 Å². The first-order chi connectivity index (χ1) is 6.97. The lowest BCUT2D eigenvalue weighted by atomic mass is 10.1. The van der Waals surface area contributed by atoms with Gasteiger partial charge in [-0.3, -0.25) is 5.41 Å². The van der Waals surface area contributed by atoms with E-state index in [0.717, 1.165) is 19.6 Å². The maximum atomic E-state index is 7.29. The van der Waals surface area contributed by atoms with E-state index < -0.39 is 0 Å². The molecule has 0 aromatic heterocycles. The van der Waals surface area contributed by atoms with E-state index in [4.69, 9.17) is 15.9 Å². The third-order valence-corrected chi connectivity index (χ3v) is 2.45. The van der Waals surface area contributed by atoms with Crippen LogP contribution in [0.2, 0.25) is 0 Å². The maximum Gasteiger partial charge on any atom is 0.0921 e. The third-order valence-electron chi connectivity index (χ3n) is 2.45. The third kappa shape index (κ3) is 7.33. The van der Waals surface area contributed by atoms with Gasteiger partial charge in [0.05, 0.1) is 18.5 Å². The second-order valence-electron chi connectivity index (χ2n) is 4.19. The van der Waals surface area contributed by atoms with E-state index >= 15 is 0 Å². The van der Waals surface area contributed by atoms with E-state index in [2.05, 4.69) is 18.9 Å². The number of hydrogen-bond donors (Lipinski definition) is 2. The molecule has 0 heterocycles. The first-order valence-electron chi connectivity index (χ1n) is 5.62. The zero-order valence-electron chi connectivity index (χ0n) is 10.4. The summed E-state index contributed by atoms with van der Waals surface area (Å²) in [4.78, 5) is 2.21. The highest BCUT2D eigenvalue weighted by atomic mass is 16.5. The monoisotopic (exact) mass is 215 g/mol. The van der Waals surface area contributed by atoms with Gasteiger partial charge in [0.15, 0.2) is 0 Å². The molecule has 1 atom stereocenters. The molecule has 4 heteroatoms. The molecule has 0 saturated carbocycles. The van der Waals surface area contributed by atoms with E-state index in [-0.39, 0.29) is 11.9 Å². The number of likely N-dealkylation sites (N-methyl/N-ethyl adjacent to an activating group) is 1. The van der Waals surface area contributed by atoms with Gasteiger partial charge in [0, 0.05) is 19.0 Å².